The lowest BCUT2D eigenvalue weighted by molar-refractivity contribution is -0.123. The molecule has 5 rings (SSSR count). The Bertz CT molecular complexity index is 1250. The molecule has 0 radical (unpaired) electrons. The van der Waals surface area contributed by atoms with Gasteiger partial charge in [0.25, 0.3) is 5.91 Å². The largest absolute Gasteiger partial charge is 0.452 e. The van der Waals surface area contributed by atoms with Crippen LogP contribution in [0.5, 0.6) is 0 Å². The lowest BCUT2D eigenvalue weighted by atomic mass is 9.82. The summed E-state index contributed by atoms with van der Waals surface area (Å²) in [5.74, 6) is -1.81. The maximum atomic E-state index is 13.1. The lowest BCUT2D eigenvalue weighted by Gasteiger charge is -2.19. The van der Waals surface area contributed by atoms with Crippen molar-refractivity contribution in [2.24, 2.45) is 23.7 Å². The summed E-state index contributed by atoms with van der Waals surface area (Å²) in [6.45, 7) is 3.41. The molecule has 174 valence electrons. The van der Waals surface area contributed by atoms with Gasteiger partial charge in [0.15, 0.2) is 6.61 Å². The average molecular weight is 479 g/mol. The molecule has 0 unspecified atom stereocenters. The van der Waals surface area contributed by atoms with Crippen molar-refractivity contribution in [3.8, 4) is 0 Å². The van der Waals surface area contributed by atoms with E-state index in [1.54, 1.807) is 30.3 Å². The fourth-order valence-electron chi connectivity index (χ4n) is 5.36. The normalized spacial score (nSPS) is 24.8. The summed E-state index contributed by atoms with van der Waals surface area (Å²) in [5.41, 5.74) is 3.24. The molecule has 1 aliphatic heterocycles. The number of fused-ring (bicyclic) bond motifs is 5. The minimum atomic E-state index is -0.683. The van der Waals surface area contributed by atoms with Crippen molar-refractivity contribution in [1.82, 2.24) is 0 Å². The molecule has 4 atom stereocenters. The van der Waals surface area contributed by atoms with Gasteiger partial charge < -0.3 is 10.1 Å². The SMILES string of the molecule is CC1=C[C@H]2C[C@H]1[C@H]1C(=O)N(c3ccc(C(=O)OCC(=O)Nc4ccc(C)c(Cl)c4)cc3)C(=O)[C@H]12. The quantitative estimate of drug-likeness (QED) is 0.396. The molecule has 7 nitrogen and oxygen atoms in total. The first-order valence-corrected chi connectivity index (χ1v) is 11.5. The number of esters is 1. The Morgan fingerprint density at radius 3 is 2.47 bits per heavy atom. The van der Waals surface area contributed by atoms with Crippen molar-refractivity contribution in [2.75, 3.05) is 16.8 Å². The molecule has 3 aliphatic rings. The predicted molar refractivity (Wildman–Crippen MR) is 126 cm³/mol. The third-order valence-corrected chi connectivity index (χ3v) is 7.44. The van der Waals surface area contributed by atoms with E-state index in [4.69, 9.17) is 16.3 Å². The number of imide groups is 1. The molecule has 0 aromatic heterocycles. The standard InChI is InChI=1S/C26H23ClN2O5/c1-13-3-6-17(11-20(13)27)28-21(30)12-34-26(33)15-4-7-18(8-5-15)29-24(31)22-16-9-14(2)19(10-16)23(22)25(29)32/h3-9,11,16,19,22-23H,10,12H2,1-2H3,(H,28,30)/t16-,19+,22-,23+/m0/s1. The van der Waals surface area contributed by atoms with E-state index in [2.05, 4.69) is 11.4 Å². The van der Waals surface area contributed by atoms with Gasteiger partial charge in [-0.15, -0.1) is 0 Å². The van der Waals surface area contributed by atoms with Crippen molar-refractivity contribution in [3.05, 3.63) is 70.3 Å². The van der Waals surface area contributed by atoms with Crippen LogP contribution < -0.4 is 10.2 Å². The first-order valence-electron chi connectivity index (χ1n) is 11.1. The molecule has 0 spiro atoms. The number of anilines is 2. The molecule has 2 aromatic carbocycles. The van der Waals surface area contributed by atoms with Gasteiger partial charge in [0.05, 0.1) is 23.1 Å². The van der Waals surface area contributed by atoms with Crippen molar-refractivity contribution in [1.29, 1.82) is 0 Å². The fraction of sp³-hybridized carbons (Fsp3) is 0.308. The van der Waals surface area contributed by atoms with E-state index in [1.807, 2.05) is 13.8 Å². The Morgan fingerprint density at radius 1 is 1.06 bits per heavy atom. The summed E-state index contributed by atoms with van der Waals surface area (Å²) < 4.78 is 5.09. The van der Waals surface area contributed by atoms with E-state index in [-0.39, 0.29) is 41.0 Å². The number of nitrogens with one attached hydrogen (secondary N) is 1. The Balaban J connectivity index is 1.20. The van der Waals surface area contributed by atoms with E-state index in [1.165, 1.54) is 22.6 Å². The summed E-state index contributed by atoms with van der Waals surface area (Å²) in [4.78, 5) is 51.8. The van der Waals surface area contributed by atoms with Crippen LogP contribution in [-0.4, -0.2) is 30.3 Å². The molecule has 8 heteroatoms. The van der Waals surface area contributed by atoms with Gasteiger partial charge in [-0.2, -0.15) is 0 Å². The second-order valence-electron chi connectivity index (χ2n) is 9.12. The number of allylic oxidation sites excluding steroid dienone is 2. The highest BCUT2D eigenvalue weighted by Crippen LogP contribution is 2.55. The zero-order valence-electron chi connectivity index (χ0n) is 18.7. The van der Waals surface area contributed by atoms with E-state index in [0.29, 0.717) is 16.4 Å². The Hall–Kier alpha value is -3.45. The topological polar surface area (TPSA) is 92.8 Å². The zero-order chi connectivity index (χ0) is 24.1. The lowest BCUT2D eigenvalue weighted by Crippen LogP contribution is -2.33. The highest BCUT2D eigenvalue weighted by atomic mass is 35.5. The van der Waals surface area contributed by atoms with Gasteiger partial charge in [0.1, 0.15) is 0 Å². The first kappa shape index (κ1) is 22.3. The molecule has 2 aromatic rings. The number of hydrogen-bond donors (Lipinski definition) is 1. The molecule has 2 aliphatic carbocycles. The Labute approximate surface area is 201 Å². The van der Waals surface area contributed by atoms with Crippen molar-refractivity contribution < 1.29 is 23.9 Å². The van der Waals surface area contributed by atoms with Crippen LogP contribution in [0.2, 0.25) is 5.02 Å². The van der Waals surface area contributed by atoms with Crippen LogP contribution in [0.1, 0.15) is 29.3 Å². The van der Waals surface area contributed by atoms with Gasteiger partial charge in [0.2, 0.25) is 11.8 Å². The van der Waals surface area contributed by atoms with Gasteiger partial charge in [-0.05, 0) is 74.1 Å². The molecule has 2 bridgehead atoms. The van der Waals surface area contributed by atoms with Crippen molar-refractivity contribution in [2.45, 2.75) is 20.3 Å². The van der Waals surface area contributed by atoms with Crippen molar-refractivity contribution >= 4 is 46.7 Å². The summed E-state index contributed by atoms with van der Waals surface area (Å²) in [5, 5.41) is 3.14. The Kier molecular flexibility index (Phi) is 5.52. The minimum absolute atomic E-state index is 0.132. The second kappa shape index (κ2) is 8.40. The number of aryl methyl sites for hydroxylation is 1. The predicted octanol–water partition coefficient (Wildman–Crippen LogP) is 4.15. The van der Waals surface area contributed by atoms with Crippen LogP contribution in [0.15, 0.2) is 54.1 Å². The number of ether oxygens (including phenoxy) is 1. The van der Waals surface area contributed by atoms with Crippen LogP contribution in [0.4, 0.5) is 11.4 Å². The van der Waals surface area contributed by atoms with E-state index in [9.17, 15) is 19.2 Å². The third kappa shape index (κ3) is 3.70. The van der Waals surface area contributed by atoms with E-state index in [0.717, 1.165) is 12.0 Å². The molecule has 1 N–H and O–H groups in total. The number of amides is 3. The number of carbonyl (C=O) groups is 4. The minimum Gasteiger partial charge on any atom is -0.452 e. The fourth-order valence-corrected chi connectivity index (χ4v) is 5.54. The maximum absolute atomic E-state index is 13.1. The first-order chi connectivity index (χ1) is 16.2. The summed E-state index contributed by atoms with van der Waals surface area (Å²) in [7, 11) is 0. The van der Waals surface area contributed by atoms with Crippen molar-refractivity contribution in [3.63, 3.8) is 0 Å². The molecule has 3 amide bonds. The van der Waals surface area contributed by atoms with Crippen LogP contribution in [0.3, 0.4) is 0 Å². The number of benzene rings is 2. The van der Waals surface area contributed by atoms with Gasteiger partial charge in [-0.3, -0.25) is 19.3 Å². The molecule has 34 heavy (non-hydrogen) atoms. The zero-order valence-corrected chi connectivity index (χ0v) is 19.5. The van der Waals surface area contributed by atoms with Gasteiger partial charge >= 0.3 is 5.97 Å². The highest BCUT2D eigenvalue weighted by Gasteiger charge is 2.60. The second-order valence-corrected chi connectivity index (χ2v) is 9.52. The number of nitrogens with zero attached hydrogens (tertiary/aromatic N) is 1. The van der Waals surface area contributed by atoms with Crippen LogP contribution in [0.25, 0.3) is 0 Å². The molecule has 1 saturated carbocycles. The molecular weight excluding hydrogens is 456 g/mol. The monoisotopic (exact) mass is 478 g/mol. The number of carbonyl (C=O) groups excluding carboxylic acids is 4. The smallest absolute Gasteiger partial charge is 0.338 e. The number of rotatable bonds is 5. The van der Waals surface area contributed by atoms with Gasteiger partial charge in [0, 0.05) is 10.7 Å². The van der Waals surface area contributed by atoms with Crippen LogP contribution >= 0.6 is 11.6 Å². The van der Waals surface area contributed by atoms with Crippen LogP contribution in [-0.2, 0) is 19.1 Å². The molecule has 1 saturated heterocycles. The van der Waals surface area contributed by atoms with E-state index < -0.39 is 18.5 Å². The number of halogens is 1. The molecule has 2 fully saturated rings. The third-order valence-electron chi connectivity index (χ3n) is 7.03. The summed E-state index contributed by atoms with van der Waals surface area (Å²) in [6.07, 6.45) is 3.00. The summed E-state index contributed by atoms with van der Waals surface area (Å²) in [6, 6.07) is 11.2. The maximum Gasteiger partial charge on any atom is 0.338 e. The van der Waals surface area contributed by atoms with Gasteiger partial charge in [-0.25, -0.2) is 4.79 Å². The van der Waals surface area contributed by atoms with Crippen LogP contribution in [0, 0.1) is 30.6 Å². The molecular formula is C26H23ClN2O5. The molecule has 1 heterocycles. The average Bonchev–Trinajstić information content (AvgIpc) is 3.45. The number of hydrogen-bond acceptors (Lipinski definition) is 5. The highest BCUT2D eigenvalue weighted by molar-refractivity contribution is 6.31. The van der Waals surface area contributed by atoms with E-state index >= 15 is 0 Å². The van der Waals surface area contributed by atoms with Gasteiger partial charge in [-0.1, -0.05) is 29.3 Å². The summed E-state index contributed by atoms with van der Waals surface area (Å²) >= 11 is 6.05. The Morgan fingerprint density at radius 2 is 1.76 bits per heavy atom.